The Kier molecular flexibility index (Phi) is 8.35. The van der Waals surface area contributed by atoms with Gasteiger partial charge in [0.05, 0.1) is 5.52 Å². The highest BCUT2D eigenvalue weighted by Gasteiger charge is 2.20. The maximum Gasteiger partial charge on any atom is 0.141 e. The normalized spacial score (nSPS) is 14.7. The number of hydrogen-bond donors (Lipinski definition) is 1. The molecule has 1 aliphatic heterocycles. The number of aliphatic imine (C=N–C) groups is 1. The molecule has 0 aliphatic carbocycles. The quantitative estimate of drug-likeness (QED) is 0.298. The summed E-state index contributed by atoms with van der Waals surface area (Å²) in [4.78, 5) is 9.21. The molecule has 5 rings (SSSR count). The van der Waals surface area contributed by atoms with Gasteiger partial charge in [0, 0.05) is 23.7 Å². The van der Waals surface area contributed by atoms with Gasteiger partial charge in [-0.25, -0.2) is 4.98 Å². The second kappa shape index (κ2) is 11.9. The second-order valence-electron chi connectivity index (χ2n) is 9.79. The first kappa shape index (κ1) is 26.8. The van der Waals surface area contributed by atoms with Gasteiger partial charge < -0.3 is 10.5 Å². The third-order valence-corrected chi connectivity index (χ3v) is 6.64. The Labute approximate surface area is 225 Å². The van der Waals surface area contributed by atoms with Crippen molar-refractivity contribution in [2.24, 2.45) is 16.6 Å². The van der Waals surface area contributed by atoms with Crippen molar-refractivity contribution in [2.75, 3.05) is 7.05 Å². The molecule has 1 unspecified atom stereocenters. The highest BCUT2D eigenvalue weighted by Crippen LogP contribution is 2.38. The van der Waals surface area contributed by atoms with E-state index in [1.807, 2.05) is 42.7 Å². The van der Waals surface area contributed by atoms with Gasteiger partial charge in [-0.05, 0) is 96.1 Å². The number of allylic oxidation sites excluding steroid dienone is 1. The molecule has 3 aromatic carbocycles. The first-order valence-corrected chi connectivity index (χ1v) is 12.9. The molecule has 0 saturated heterocycles. The van der Waals surface area contributed by atoms with Crippen LogP contribution in [-0.4, -0.2) is 18.2 Å². The lowest BCUT2D eigenvalue weighted by molar-refractivity contribution is 0.305. The first-order chi connectivity index (χ1) is 18.4. The molecule has 1 aliphatic rings. The highest BCUT2D eigenvalue weighted by atomic mass is 16.5. The summed E-state index contributed by atoms with van der Waals surface area (Å²) in [6.45, 7) is 9.00. The van der Waals surface area contributed by atoms with Gasteiger partial charge in [0.25, 0.3) is 0 Å². The zero-order chi connectivity index (χ0) is 27.2. The molecule has 0 amide bonds. The van der Waals surface area contributed by atoms with Crippen LogP contribution in [-0.2, 0) is 6.61 Å². The minimum Gasteiger partial charge on any atom is -0.489 e. The maximum atomic E-state index is 9.64. The monoisotopic (exact) mass is 502 g/mol. The van der Waals surface area contributed by atoms with Crippen LogP contribution in [0.1, 0.15) is 54.6 Å². The van der Waals surface area contributed by atoms with Crippen LogP contribution in [0.3, 0.4) is 0 Å². The lowest BCUT2D eigenvalue weighted by Crippen LogP contribution is -2.06. The van der Waals surface area contributed by atoms with E-state index < -0.39 is 0 Å². The number of rotatable bonds is 3. The van der Waals surface area contributed by atoms with Gasteiger partial charge in [0.15, 0.2) is 0 Å². The fraction of sp³-hybridized carbons (Fsp3) is 0.242. The largest absolute Gasteiger partial charge is 0.489 e. The SMILES string of the molecule is C/C(=C\N=CC(C)C)C1c2ccc(C)c(c2)COc2cccc(c2)-c2cc(C#N)nc3ccc1cc23.CN. The average Bonchev–Trinajstić information content (AvgIpc) is 2.93. The van der Waals surface area contributed by atoms with E-state index in [1.165, 1.54) is 18.2 Å². The fourth-order valence-electron chi connectivity index (χ4n) is 4.79. The molecule has 5 heteroatoms. The predicted molar refractivity (Wildman–Crippen MR) is 156 cm³/mol. The van der Waals surface area contributed by atoms with E-state index in [1.54, 1.807) is 0 Å². The van der Waals surface area contributed by atoms with Crippen molar-refractivity contribution in [2.45, 2.75) is 40.2 Å². The Morgan fingerprint density at radius 1 is 1.08 bits per heavy atom. The molecular weight excluding hydrogens is 468 g/mol. The zero-order valence-corrected chi connectivity index (χ0v) is 22.7. The van der Waals surface area contributed by atoms with E-state index in [0.29, 0.717) is 18.2 Å². The van der Waals surface area contributed by atoms with Crippen LogP contribution in [0.2, 0.25) is 0 Å². The molecule has 5 nitrogen and oxygen atoms in total. The van der Waals surface area contributed by atoms with Crippen LogP contribution in [0.4, 0.5) is 0 Å². The van der Waals surface area contributed by atoms with Gasteiger partial charge in [-0.3, -0.25) is 4.99 Å². The summed E-state index contributed by atoms with van der Waals surface area (Å²) in [7, 11) is 1.50. The fourth-order valence-corrected chi connectivity index (χ4v) is 4.79. The van der Waals surface area contributed by atoms with Crippen LogP contribution < -0.4 is 10.5 Å². The summed E-state index contributed by atoms with van der Waals surface area (Å²) in [5.41, 5.74) is 13.6. The van der Waals surface area contributed by atoms with E-state index in [-0.39, 0.29) is 5.92 Å². The molecule has 2 N–H and O–H groups in total. The van der Waals surface area contributed by atoms with Crippen LogP contribution in [0, 0.1) is 24.2 Å². The molecule has 0 radical (unpaired) electrons. The Morgan fingerprint density at radius 3 is 2.61 bits per heavy atom. The molecule has 0 fully saturated rings. The van der Waals surface area contributed by atoms with Crippen LogP contribution >= 0.6 is 0 Å². The summed E-state index contributed by atoms with van der Waals surface area (Å²) >= 11 is 0. The third-order valence-electron chi connectivity index (χ3n) is 6.64. The topological polar surface area (TPSA) is 84.3 Å². The van der Waals surface area contributed by atoms with E-state index in [9.17, 15) is 5.26 Å². The van der Waals surface area contributed by atoms with Crippen LogP contribution in [0.15, 0.2) is 83.5 Å². The number of nitrogens with zero attached hydrogens (tertiary/aromatic N) is 3. The molecule has 38 heavy (non-hydrogen) atoms. The number of fused-ring (bicyclic) bond motifs is 6. The number of benzene rings is 3. The molecule has 192 valence electrons. The molecular formula is C33H34N4O. The Bertz CT molecular complexity index is 1560. The number of ether oxygens (including phenoxy) is 1. The van der Waals surface area contributed by atoms with Crippen molar-refractivity contribution in [3.8, 4) is 22.9 Å². The minimum atomic E-state index is 0.0189. The molecule has 0 saturated carbocycles. The molecule has 1 aromatic heterocycles. The standard InChI is InChI=1S/C32H29N3O.CH5N/c1-20(2)17-34-18-22(4)32-24-9-8-21(3)26(12-24)19-36-28-7-5-6-23(13-28)29-15-27(16-33)35-31-11-10-25(32)14-30(29)31;1-2/h5-15,17-18,20,32H,19H2,1-4H3;2H2,1H3/b22-18+,34-17?;. The molecule has 6 bridgehead atoms. The van der Waals surface area contributed by atoms with Crippen molar-refractivity contribution in [3.05, 3.63) is 106 Å². The van der Waals surface area contributed by atoms with E-state index in [0.717, 1.165) is 44.5 Å². The van der Waals surface area contributed by atoms with Gasteiger partial charge in [0.1, 0.15) is 24.1 Å². The third kappa shape index (κ3) is 5.66. The molecule has 4 aromatic rings. The zero-order valence-electron chi connectivity index (χ0n) is 22.7. The number of aryl methyl sites for hydroxylation is 1. The van der Waals surface area contributed by atoms with Crippen molar-refractivity contribution >= 4 is 17.1 Å². The van der Waals surface area contributed by atoms with E-state index >= 15 is 0 Å². The van der Waals surface area contributed by atoms with Crippen molar-refractivity contribution in [1.29, 1.82) is 5.26 Å². The summed E-state index contributed by atoms with van der Waals surface area (Å²) < 4.78 is 6.26. The molecule has 2 heterocycles. The van der Waals surface area contributed by atoms with Gasteiger partial charge in [-0.2, -0.15) is 5.26 Å². The lowest BCUT2D eigenvalue weighted by Gasteiger charge is -2.21. The average molecular weight is 503 g/mol. The second-order valence-corrected chi connectivity index (χ2v) is 9.79. The van der Waals surface area contributed by atoms with E-state index in [4.69, 9.17) is 4.74 Å². The van der Waals surface area contributed by atoms with Crippen LogP contribution in [0.5, 0.6) is 5.75 Å². The number of pyridine rings is 1. The Morgan fingerprint density at radius 2 is 1.84 bits per heavy atom. The van der Waals surface area contributed by atoms with Gasteiger partial charge in [-0.15, -0.1) is 0 Å². The smallest absolute Gasteiger partial charge is 0.141 e. The van der Waals surface area contributed by atoms with Crippen LogP contribution in [0.25, 0.3) is 22.0 Å². The minimum absolute atomic E-state index is 0.0189. The number of nitriles is 1. The van der Waals surface area contributed by atoms with Gasteiger partial charge in [-0.1, -0.05) is 50.2 Å². The van der Waals surface area contributed by atoms with Crippen molar-refractivity contribution in [3.63, 3.8) is 0 Å². The summed E-state index contributed by atoms with van der Waals surface area (Å²) in [5, 5.41) is 10.7. The highest BCUT2D eigenvalue weighted by molar-refractivity contribution is 5.96. The summed E-state index contributed by atoms with van der Waals surface area (Å²) in [6.07, 6.45) is 3.94. The van der Waals surface area contributed by atoms with E-state index in [2.05, 4.69) is 85.9 Å². The first-order valence-electron chi connectivity index (χ1n) is 12.9. The lowest BCUT2D eigenvalue weighted by atomic mass is 9.83. The number of aromatic nitrogens is 1. The van der Waals surface area contributed by atoms with Gasteiger partial charge in [0.2, 0.25) is 0 Å². The Balaban J connectivity index is 0.00000164. The number of hydrogen-bond acceptors (Lipinski definition) is 5. The van der Waals surface area contributed by atoms with Crippen molar-refractivity contribution < 1.29 is 4.74 Å². The predicted octanol–water partition coefficient (Wildman–Crippen LogP) is 7.31. The summed E-state index contributed by atoms with van der Waals surface area (Å²) in [5.74, 6) is 1.20. The maximum absolute atomic E-state index is 9.64. The summed E-state index contributed by atoms with van der Waals surface area (Å²) in [6, 6.07) is 25.2. The molecule has 0 spiro atoms. The number of nitrogens with two attached hydrogens (primary N) is 1. The Hall–Kier alpha value is -4.27. The van der Waals surface area contributed by atoms with Crippen molar-refractivity contribution in [1.82, 2.24) is 4.98 Å². The molecule has 1 atom stereocenters. The van der Waals surface area contributed by atoms with Gasteiger partial charge >= 0.3 is 0 Å².